The molecule has 0 saturated carbocycles. The Labute approximate surface area is 251 Å². The van der Waals surface area contributed by atoms with Crippen LogP contribution in [0.5, 0.6) is 0 Å². The van der Waals surface area contributed by atoms with Gasteiger partial charge in [0.2, 0.25) is 0 Å². The number of unbranched alkanes of at least 4 members (excludes halogenated alkanes) is 12. The molecular formula is C36H56N2Ni. The standard InChI is InChI=1S/C36H56N2.Ni/c1-7-9-11-13-15-16-18-20-22-36(38-34-26-24-30(4)32(6)28-34)35(21-19-17-14-12-10-8-2)37-33-25-23-29(3)31(5)27-33;/h23-28H,7-22H2,1-6H3;. The third-order valence-electron chi connectivity index (χ3n) is 7.88. The van der Waals surface area contributed by atoms with Crippen LogP contribution in [0.2, 0.25) is 0 Å². The molecule has 0 atom stereocenters. The molecule has 2 rings (SSSR count). The van der Waals surface area contributed by atoms with Gasteiger partial charge in [-0.1, -0.05) is 103 Å². The molecule has 0 aliphatic rings. The molecule has 2 aromatic carbocycles. The van der Waals surface area contributed by atoms with Gasteiger partial charge in [-0.15, -0.1) is 0 Å². The molecule has 220 valence electrons. The fourth-order valence-electron chi connectivity index (χ4n) is 4.93. The Morgan fingerprint density at radius 2 is 0.795 bits per heavy atom. The van der Waals surface area contributed by atoms with Crippen LogP contribution in [0, 0.1) is 27.7 Å². The molecule has 0 aliphatic heterocycles. The zero-order valence-electron chi connectivity index (χ0n) is 26.0. The van der Waals surface area contributed by atoms with Gasteiger partial charge >= 0.3 is 0 Å². The molecule has 3 heteroatoms. The number of rotatable bonds is 19. The van der Waals surface area contributed by atoms with Crippen molar-refractivity contribution in [2.45, 2.75) is 144 Å². The van der Waals surface area contributed by atoms with E-state index in [-0.39, 0.29) is 16.5 Å². The van der Waals surface area contributed by atoms with Crippen molar-refractivity contribution >= 4 is 22.8 Å². The van der Waals surface area contributed by atoms with E-state index in [0.29, 0.717) is 0 Å². The maximum absolute atomic E-state index is 5.27. The summed E-state index contributed by atoms with van der Waals surface area (Å²) in [5, 5.41) is 0. The molecule has 0 radical (unpaired) electrons. The molecule has 0 bridgehead atoms. The molecule has 0 aromatic heterocycles. The number of benzene rings is 2. The first-order valence-electron chi connectivity index (χ1n) is 15.7. The number of hydrogen-bond donors (Lipinski definition) is 0. The van der Waals surface area contributed by atoms with Gasteiger partial charge in [-0.3, -0.25) is 9.98 Å². The molecule has 2 aromatic rings. The Bertz CT molecular complexity index is 1010. The van der Waals surface area contributed by atoms with Gasteiger partial charge in [0.1, 0.15) is 0 Å². The second kappa shape index (κ2) is 21.1. The van der Waals surface area contributed by atoms with E-state index >= 15 is 0 Å². The summed E-state index contributed by atoms with van der Waals surface area (Å²) in [6, 6.07) is 13.2. The van der Waals surface area contributed by atoms with Crippen LogP contribution in [0.15, 0.2) is 46.4 Å². The van der Waals surface area contributed by atoms with E-state index in [4.69, 9.17) is 9.98 Å². The van der Waals surface area contributed by atoms with Gasteiger partial charge < -0.3 is 0 Å². The Morgan fingerprint density at radius 1 is 0.462 bits per heavy atom. The van der Waals surface area contributed by atoms with Crippen LogP contribution in [0.4, 0.5) is 11.4 Å². The second-order valence-corrected chi connectivity index (χ2v) is 11.4. The van der Waals surface area contributed by atoms with Gasteiger partial charge in [-0.05, 0) is 99.9 Å². The Morgan fingerprint density at radius 3 is 1.13 bits per heavy atom. The van der Waals surface area contributed by atoms with Crippen molar-refractivity contribution in [1.29, 1.82) is 0 Å². The number of aryl methyl sites for hydroxylation is 4. The molecule has 0 aliphatic carbocycles. The Balaban J connectivity index is 0.00000760. The largest absolute Gasteiger partial charge is 0.252 e. The minimum absolute atomic E-state index is 0. The van der Waals surface area contributed by atoms with Gasteiger partial charge in [0.25, 0.3) is 0 Å². The van der Waals surface area contributed by atoms with Crippen LogP contribution >= 0.6 is 0 Å². The normalized spacial score (nSPS) is 12.1. The number of aliphatic imine (C=N–C) groups is 2. The molecule has 0 unspecified atom stereocenters. The number of hydrogen-bond acceptors (Lipinski definition) is 2. The summed E-state index contributed by atoms with van der Waals surface area (Å²) in [5.74, 6) is 0. The molecule has 39 heavy (non-hydrogen) atoms. The summed E-state index contributed by atoms with van der Waals surface area (Å²) in [6.45, 7) is 13.3. The van der Waals surface area contributed by atoms with E-state index in [1.165, 1.54) is 124 Å². The Hall–Kier alpha value is -1.73. The predicted octanol–water partition coefficient (Wildman–Crippen LogP) is 12.0. The second-order valence-electron chi connectivity index (χ2n) is 11.4. The summed E-state index contributed by atoms with van der Waals surface area (Å²) < 4.78 is 0. The first kappa shape index (κ1) is 35.3. The number of nitrogens with zero attached hydrogens (tertiary/aromatic N) is 2. The summed E-state index contributed by atoms with van der Waals surface area (Å²) >= 11 is 0. The van der Waals surface area contributed by atoms with Crippen LogP contribution in [0.3, 0.4) is 0 Å². The Kier molecular flexibility index (Phi) is 19.1. The minimum Gasteiger partial charge on any atom is -0.252 e. The monoisotopic (exact) mass is 574 g/mol. The van der Waals surface area contributed by atoms with Gasteiger partial charge in [-0.25, -0.2) is 0 Å². The van der Waals surface area contributed by atoms with Crippen LogP contribution in [0.1, 0.15) is 139 Å². The zero-order chi connectivity index (χ0) is 27.6. The van der Waals surface area contributed by atoms with Gasteiger partial charge in [-0.2, -0.15) is 0 Å². The first-order valence-corrected chi connectivity index (χ1v) is 15.7. The zero-order valence-corrected chi connectivity index (χ0v) is 27.0. The van der Waals surface area contributed by atoms with Gasteiger partial charge in [0.05, 0.1) is 22.8 Å². The summed E-state index contributed by atoms with van der Waals surface area (Å²) in [6.07, 6.45) is 20.5. The topological polar surface area (TPSA) is 24.7 Å². The molecule has 0 N–H and O–H groups in total. The van der Waals surface area contributed by atoms with E-state index in [9.17, 15) is 0 Å². The maximum Gasteiger partial charge on any atom is 0.0636 e. The quantitative estimate of drug-likeness (QED) is 0.0904. The molecule has 0 heterocycles. The van der Waals surface area contributed by atoms with Gasteiger partial charge in [0, 0.05) is 16.5 Å². The van der Waals surface area contributed by atoms with E-state index in [0.717, 1.165) is 24.2 Å². The molecule has 2 nitrogen and oxygen atoms in total. The third kappa shape index (κ3) is 14.5. The van der Waals surface area contributed by atoms with Crippen molar-refractivity contribution in [1.82, 2.24) is 0 Å². The van der Waals surface area contributed by atoms with Crippen LogP contribution in [-0.2, 0) is 16.5 Å². The molecule has 0 saturated heterocycles. The fourth-order valence-corrected chi connectivity index (χ4v) is 4.93. The van der Waals surface area contributed by atoms with E-state index in [1.54, 1.807) is 0 Å². The van der Waals surface area contributed by atoms with Crippen LogP contribution in [0.25, 0.3) is 0 Å². The van der Waals surface area contributed by atoms with E-state index in [2.05, 4.69) is 77.9 Å². The van der Waals surface area contributed by atoms with Crippen molar-refractivity contribution in [3.05, 3.63) is 58.7 Å². The molecule has 0 fully saturated rings. The van der Waals surface area contributed by atoms with E-state index in [1.807, 2.05) is 0 Å². The van der Waals surface area contributed by atoms with Crippen LogP contribution in [-0.4, -0.2) is 11.4 Å². The summed E-state index contributed by atoms with van der Waals surface area (Å²) in [5.41, 5.74) is 9.79. The maximum atomic E-state index is 5.27. The molecule has 0 amide bonds. The smallest absolute Gasteiger partial charge is 0.0636 e. The van der Waals surface area contributed by atoms with Crippen molar-refractivity contribution in [2.24, 2.45) is 9.98 Å². The average molecular weight is 576 g/mol. The summed E-state index contributed by atoms with van der Waals surface area (Å²) in [7, 11) is 0. The van der Waals surface area contributed by atoms with Crippen molar-refractivity contribution in [2.75, 3.05) is 0 Å². The minimum atomic E-state index is 0. The fraction of sp³-hybridized carbons (Fsp3) is 0.611. The first-order chi connectivity index (χ1) is 18.4. The summed E-state index contributed by atoms with van der Waals surface area (Å²) in [4.78, 5) is 10.5. The molecular weight excluding hydrogens is 519 g/mol. The van der Waals surface area contributed by atoms with E-state index < -0.39 is 0 Å². The van der Waals surface area contributed by atoms with Crippen molar-refractivity contribution in [3.63, 3.8) is 0 Å². The van der Waals surface area contributed by atoms with Crippen LogP contribution < -0.4 is 0 Å². The average Bonchev–Trinajstić information content (AvgIpc) is 2.90. The SMILES string of the molecule is CCCCCCCCCCC(=Nc1ccc(C)c(C)c1)C(CCCCCCCC)=Nc1ccc(C)c(C)c1.[Ni]. The molecule has 0 spiro atoms. The van der Waals surface area contributed by atoms with Gasteiger partial charge in [0.15, 0.2) is 0 Å². The van der Waals surface area contributed by atoms with Crippen molar-refractivity contribution < 1.29 is 16.5 Å². The predicted molar refractivity (Wildman–Crippen MR) is 171 cm³/mol. The third-order valence-corrected chi connectivity index (χ3v) is 7.88. The van der Waals surface area contributed by atoms with Crippen molar-refractivity contribution in [3.8, 4) is 0 Å².